The molecule has 0 aliphatic carbocycles. The van der Waals surface area contributed by atoms with Crippen LogP contribution in [0.1, 0.15) is 22.3 Å². The quantitative estimate of drug-likeness (QED) is 0.845. The van der Waals surface area contributed by atoms with Crippen LogP contribution in [0.3, 0.4) is 0 Å². The average molecular weight is 280 g/mol. The summed E-state index contributed by atoms with van der Waals surface area (Å²) in [5.74, 6) is 0. The third-order valence-corrected chi connectivity index (χ3v) is 4.43. The van der Waals surface area contributed by atoms with E-state index in [0.717, 1.165) is 26.1 Å². The molecule has 1 heterocycles. The van der Waals surface area contributed by atoms with Gasteiger partial charge in [0.15, 0.2) is 0 Å². The number of hydrogen-bond donors (Lipinski definition) is 1. The Labute approximate surface area is 127 Å². The number of nitrogens with zero attached hydrogens (tertiary/aromatic N) is 1. The first-order valence-electron chi connectivity index (χ1n) is 7.82. The van der Waals surface area contributed by atoms with Crippen molar-refractivity contribution in [2.24, 2.45) is 0 Å². The van der Waals surface area contributed by atoms with Crippen LogP contribution in [-0.4, -0.2) is 20.1 Å². The van der Waals surface area contributed by atoms with Gasteiger partial charge in [0, 0.05) is 25.8 Å². The molecule has 0 amide bonds. The van der Waals surface area contributed by atoms with Gasteiger partial charge in [-0.1, -0.05) is 36.4 Å². The summed E-state index contributed by atoms with van der Waals surface area (Å²) in [5.41, 5.74) is 7.13. The van der Waals surface area contributed by atoms with Gasteiger partial charge in [-0.2, -0.15) is 0 Å². The fourth-order valence-corrected chi connectivity index (χ4v) is 3.08. The van der Waals surface area contributed by atoms with Gasteiger partial charge >= 0.3 is 0 Å². The molecule has 2 aromatic rings. The lowest BCUT2D eigenvalue weighted by Gasteiger charge is -2.12. The standard InChI is InChI=1S/C19H24N2/c1-15-5-3-4-6-17(15)9-11-20-14-16-7-8-19-18(13-16)10-12-21(19)2/h3-8,13,20H,9-12,14H2,1-2H3. The molecule has 1 aliphatic rings. The predicted octanol–water partition coefficient (Wildman–Crippen LogP) is 3.32. The topological polar surface area (TPSA) is 15.3 Å². The Bertz CT molecular complexity index is 619. The van der Waals surface area contributed by atoms with Gasteiger partial charge in [0.25, 0.3) is 0 Å². The van der Waals surface area contributed by atoms with E-state index in [1.807, 2.05) is 0 Å². The van der Waals surface area contributed by atoms with E-state index < -0.39 is 0 Å². The number of nitrogens with one attached hydrogen (secondary N) is 1. The van der Waals surface area contributed by atoms with Crippen LogP contribution in [0.5, 0.6) is 0 Å². The molecule has 2 aromatic carbocycles. The van der Waals surface area contributed by atoms with Crippen LogP contribution >= 0.6 is 0 Å². The molecule has 0 fully saturated rings. The summed E-state index contributed by atoms with van der Waals surface area (Å²) in [5, 5.41) is 3.57. The van der Waals surface area contributed by atoms with Crippen molar-refractivity contribution in [1.82, 2.24) is 5.32 Å². The monoisotopic (exact) mass is 280 g/mol. The molecule has 0 bridgehead atoms. The van der Waals surface area contributed by atoms with Crippen molar-refractivity contribution in [2.45, 2.75) is 26.3 Å². The van der Waals surface area contributed by atoms with Crippen molar-refractivity contribution in [3.8, 4) is 0 Å². The van der Waals surface area contributed by atoms with Crippen molar-refractivity contribution in [3.63, 3.8) is 0 Å². The van der Waals surface area contributed by atoms with E-state index in [0.29, 0.717) is 0 Å². The summed E-state index contributed by atoms with van der Waals surface area (Å²) in [4.78, 5) is 2.34. The van der Waals surface area contributed by atoms with Gasteiger partial charge in [-0.05, 0) is 54.6 Å². The third-order valence-electron chi connectivity index (χ3n) is 4.43. The minimum absolute atomic E-state index is 0.961. The van der Waals surface area contributed by atoms with Crippen molar-refractivity contribution >= 4 is 5.69 Å². The highest BCUT2D eigenvalue weighted by Crippen LogP contribution is 2.27. The Morgan fingerprint density at radius 3 is 2.86 bits per heavy atom. The second-order valence-electron chi connectivity index (χ2n) is 5.99. The molecule has 1 N–H and O–H groups in total. The van der Waals surface area contributed by atoms with Crippen LogP contribution < -0.4 is 10.2 Å². The predicted molar refractivity (Wildman–Crippen MR) is 90.0 cm³/mol. The van der Waals surface area contributed by atoms with Crippen molar-refractivity contribution in [1.29, 1.82) is 0 Å². The van der Waals surface area contributed by atoms with E-state index in [1.54, 1.807) is 0 Å². The lowest BCUT2D eigenvalue weighted by atomic mass is 10.1. The van der Waals surface area contributed by atoms with Gasteiger partial charge in [-0.15, -0.1) is 0 Å². The van der Waals surface area contributed by atoms with Gasteiger partial charge in [0.05, 0.1) is 0 Å². The molecule has 21 heavy (non-hydrogen) atoms. The minimum atomic E-state index is 0.961. The molecule has 0 aromatic heterocycles. The minimum Gasteiger partial charge on any atom is -0.374 e. The maximum atomic E-state index is 3.57. The first-order chi connectivity index (χ1) is 10.2. The summed E-state index contributed by atoms with van der Waals surface area (Å²) in [6.07, 6.45) is 2.28. The summed E-state index contributed by atoms with van der Waals surface area (Å²) < 4.78 is 0. The largest absolute Gasteiger partial charge is 0.374 e. The highest BCUT2D eigenvalue weighted by molar-refractivity contribution is 5.58. The fraction of sp³-hybridized carbons (Fsp3) is 0.368. The molecule has 0 saturated heterocycles. The molecule has 3 rings (SSSR count). The maximum Gasteiger partial charge on any atom is 0.0397 e. The van der Waals surface area contributed by atoms with E-state index in [9.17, 15) is 0 Å². The Balaban J connectivity index is 1.51. The molecular weight excluding hydrogens is 256 g/mol. The Morgan fingerprint density at radius 1 is 1.14 bits per heavy atom. The summed E-state index contributed by atoms with van der Waals surface area (Å²) in [7, 11) is 2.17. The van der Waals surface area contributed by atoms with Crippen LogP contribution in [0.2, 0.25) is 0 Å². The number of aryl methyl sites for hydroxylation is 1. The number of benzene rings is 2. The van der Waals surface area contributed by atoms with Gasteiger partial charge in [0.2, 0.25) is 0 Å². The number of likely N-dealkylation sites (N-methyl/N-ethyl adjacent to an activating group) is 1. The number of anilines is 1. The molecule has 110 valence electrons. The Morgan fingerprint density at radius 2 is 2.00 bits per heavy atom. The first kappa shape index (κ1) is 14.2. The zero-order valence-corrected chi connectivity index (χ0v) is 13.0. The molecule has 2 heteroatoms. The highest BCUT2D eigenvalue weighted by Gasteiger charge is 2.15. The number of hydrogen-bond acceptors (Lipinski definition) is 2. The van der Waals surface area contributed by atoms with Crippen LogP contribution in [0.15, 0.2) is 42.5 Å². The van der Waals surface area contributed by atoms with Crippen molar-refractivity contribution in [3.05, 3.63) is 64.7 Å². The molecule has 0 radical (unpaired) electrons. The Kier molecular flexibility index (Phi) is 4.26. The van der Waals surface area contributed by atoms with Crippen molar-refractivity contribution < 1.29 is 0 Å². The van der Waals surface area contributed by atoms with E-state index in [2.05, 4.69) is 66.7 Å². The van der Waals surface area contributed by atoms with E-state index in [-0.39, 0.29) is 0 Å². The molecular formula is C19H24N2. The highest BCUT2D eigenvalue weighted by atomic mass is 15.1. The second kappa shape index (κ2) is 6.31. The van der Waals surface area contributed by atoms with Crippen LogP contribution in [0, 0.1) is 6.92 Å². The van der Waals surface area contributed by atoms with E-state index >= 15 is 0 Å². The SMILES string of the molecule is Cc1ccccc1CCNCc1ccc2c(c1)CCN2C. The summed E-state index contributed by atoms with van der Waals surface area (Å²) in [6, 6.07) is 15.5. The lowest BCUT2D eigenvalue weighted by Crippen LogP contribution is -2.17. The maximum absolute atomic E-state index is 3.57. The number of fused-ring (bicyclic) bond motifs is 1. The second-order valence-corrected chi connectivity index (χ2v) is 5.99. The van der Waals surface area contributed by atoms with Crippen molar-refractivity contribution in [2.75, 3.05) is 25.0 Å². The Hall–Kier alpha value is -1.80. The summed E-state index contributed by atoms with van der Waals surface area (Å²) >= 11 is 0. The molecule has 0 atom stereocenters. The molecule has 1 aliphatic heterocycles. The zero-order valence-electron chi connectivity index (χ0n) is 13.0. The van der Waals surface area contributed by atoms with Gasteiger partial charge < -0.3 is 10.2 Å². The third kappa shape index (κ3) is 3.27. The number of rotatable bonds is 5. The smallest absolute Gasteiger partial charge is 0.0397 e. The van der Waals surface area contributed by atoms with E-state index in [4.69, 9.17) is 0 Å². The lowest BCUT2D eigenvalue weighted by molar-refractivity contribution is 0.685. The molecule has 2 nitrogen and oxygen atoms in total. The average Bonchev–Trinajstić information content (AvgIpc) is 2.86. The van der Waals surface area contributed by atoms with Gasteiger partial charge in [-0.25, -0.2) is 0 Å². The fourth-order valence-electron chi connectivity index (χ4n) is 3.08. The molecule has 0 unspecified atom stereocenters. The van der Waals surface area contributed by atoms with E-state index in [1.165, 1.54) is 34.4 Å². The molecule has 0 saturated carbocycles. The summed E-state index contributed by atoms with van der Waals surface area (Å²) in [6.45, 7) is 5.33. The van der Waals surface area contributed by atoms with Gasteiger partial charge in [0.1, 0.15) is 0 Å². The first-order valence-corrected chi connectivity index (χ1v) is 7.82. The van der Waals surface area contributed by atoms with Gasteiger partial charge in [-0.3, -0.25) is 0 Å². The molecule has 0 spiro atoms. The zero-order chi connectivity index (χ0) is 14.7. The van der Waals surface area contributed by atoms with Crippen LogP contribution in [-0.2, 0) is 19.4 Å². The normalized spacial score (nSPS) is 13.5. The van der Waals surface area contributed by atoms with Crippen LogP contribution in [0.4, 0.5) is 5.69 Å². The van der Waals surface area contributed by atoms with Crippen LogP contribution in [0.25, 0.3) is 0 Å².